The van der Waals surface area contributed by atoms with E-state index in [4.69, 9.17) is 9.26 Å². The number of carbonyl (C=O) groups is 2. The number of hydrogen-bond donors (Lipinski definition) is 0. The van der Waals surface area contributed by atoms with Crippen molar-refractivity contribution in [2.45, 2.75) is 45.1 Å². The molecule has 0 aliphatic carbocycles. The van der Waals surface area contributed by atoms with Gasteiger partial charge in [-0.3, -0.25) is 9.59 Å². The third-order valence-corrected chi connectivity index (χ3v) is 5.33. The molecule has 0 bridgehead atoms. The number of aromatic nitrogens is 1. The van der Waals surface area contributed by atoms with Crippen molar-refractivity contribution in [3.8, 4) is 0 Å². The largest absolute Gasteiger partial charge is 0.383 e. The average Bonchev–Trinajstić information content (AvgIpc) is 3.05. The Kier molecular flexibility index (Phi) is 5.73. The maximum absolute atomic E-state index is 12.7. The van der Waals surface area contributed by atoms with Crippen molar-refractivity contribution in [1.82, 2.24) is 15.0 Å². The molecule has 138 valence electrons. The quantitative estimate of drug-likeness (QED) is 0.809. The molecule has 3 rings (SSSR count). The van der Waals surface area contributed by atoms with E-state index in [-0.39, 0.29) is 17.9 Å². The van der Waals surface area contributed by atoms with Gasteiger partial charge in [0.05, 0.1) is 6.61 Å². The molecule has 0 N–H and O–H groups in total. The normalized spacial score (nSPS) is 24.2. The summed E-state index contributed by atoms with van der Waals surface area (Å²) < 4.78 is 10.3. The van der Waals surface area contributed by atoms with Crippen LogP contribution in [0.1, 0.15) is 48.9 Å². The van der Waals surface area contributed by atoms with Gasteiger partial charge in [0.25, 0.3) is 5.91 Å². The van der Waals surface area contributed by atoms with Gasteiger partial charge in [0.15, 0.2) is 5.69 Å². The van der Waals surface area contributed by atoms with Crippen LogP contribution in [0.4, 0.5) is 0 Å². The van der Waals surface area contributed by atoms with Gasteiger partial charge < -0.3 is 19.1 Å². The predicted molar refractivity (Wildman–Crippen MR) is 91.1 cm³/mol. The van der Waals surface area contributed by atoms with E-state index in [0.29, 0.717) is 44.3 Å². The lowest BCUT2D eigenvalue weighted by Gasteiger charge is -2.42. The zero-order chi connectivity index (χ0) is 17.8. The predicted octanol–water partition coefficient (Wildman–Crippen LogP) is 1.73. The highest BCUT2D eigenvalue weighted by Crippen LogP contribution is 2.31. The Labute approximate surface area is 148 Å². The Hall–Kier alpha value is -1.89. The highest BCUT2D eigenvalue weighted by Gasteiger charge is 2.38. The third kappa shape index (κ3) is 3.86. The number of rotatable bonds is 5. The minimum Gasteiger partial charge on any atom is -0.383 e. The molecular weight excluding hydrogens is 322 g/mol. The van der Waals surface area contributed by atoms with Crippen LogP contribution < -0.4 is 0 Å². The number of likely N-dealkylation sites (tertiary alicyclic amines) is 2. The summed E-state index contributed by atoms with van der Waals surface area (Å²) in [7, 11) is 1.66. The van der Waals surface area contributed by atoms with Crippen molar-refractivity contribution in [3.05, 3.63) is 17.5 Å². The van der Waals surface area contributed by atoms with Crippen LogP contribution in [0.25, 0.3) is 0 Å². The molecule has 2 amide bonds. The molecule has 3 heterocycles. The maximum Gasteiger partial charge on any atom is 0.276 e. The second-order valence-electron chi connectivity index (χ2n) is 6.87. The summed E-state index contributed by atoms with van der Waals surface area (Å²) in [6.45, 7) is 4.47. The standard InChI is InChI=1S/C18H27N3O4/c1-3-14-11-15(19-25-14)18(23)20-8-7-16-13(12-20)5-4-6-17(22)21(16)9-10-24-2/h11,13,16H,3-10,12H2,1-2H3/t13-,16+/m0/s1. The van der Waals surface area contributed by atoms with Gasteiger partial charge in [-0.15, -0.1) is 0 Å². The molecule has 0 unspecified atom stereocenters. The molecule has 1 aromatic rings. The summed E-state index contributed by atoms with van der Waals surface area (Å²) in [5.41, 5.74) is 0.385. The second-order valence-corrected chi connectivity index (χ2v) is 6.87. The molecule has 2 aliphatic rings. The summed E-state index contributed by atoms with van der Waals surface area (Å²) >= 11 is 0. The first-order chi connectivity index (χ1) is 12.1. The first-order valence-electron chi connectivity index (χ1n) is 9.17. The van der Waals surface area contributed by atoms with E-state index in [1.165, 1.54) is 0 Å². The Morgan fingerprint density at radius 2 is 2.28 bits per heavy atom. The van der Waals surface area contributed by atoms with Gasteiger partial charge in [-0.1, -0.05) is 12.1 Å². The smallest absolute Gasteiger partial charge is 0.276 e. The van der Waals surface area contributed by atoms with E-state index in [2.05, 4.69) is 5.16 Å². The van der Waals surface area contributed by atoms with Gasteiger partial charge >= 0.3 is 0 Å². The van der Waals surface area contributed by atoms with E-state index in [9.17, 15) is 9.59 Å². The lowest BCUT2D eigenvalue weighted by Crippen LogP contribution is -2.53. The summed E-state index contributed by atoms with van der Waals surface area (Å²) in [5.74, 6) is 1.19. The molecule has 7 heteroatoms. The van der Waals surface area contributed by atoms with Crippen LogP contribution in [0.2, 0.25) is 0 Å². The number of carbonyl (C=O) groups excluding carboxylic acids is 2. The summed E-state index contributed by atoms with van der Waals surface area (Å²) in [6.07, 6.45) is 3.98. The van der Waals surface area contributed by atoms with E-state index < -0.39 is 0 Å². The average molecular weight is 349 g/mol. The number of hydrogen-bond acceptors (Lipinski definition) is 5. The summed E-state index contributed by atoms with van der Waals surface area (Å²) in [5, 5.41) is 3.90. The van der Waals surface area contributed by atoms with Crippen molar-refractivity contribution in [2.75, 3.05) is 33.4 Å². The third-order valence-electron chi connectivity index (χ3n) is 5.33. The van der Waals surface area contributed by atoms with Crippen molar-refractivity contribution >= 4 is 11.8 Å². The van der Waals surface area contributed by atoms with Crippen LogP contribution >= 0.6 is 0 Å². The zero-order valence-electron chi connectivity index (χ0n) is 15.1. The topological polar surface area (TPSA) is 75.9 Å². The molecule has 1 aromatic heterocycles. The highest BCUT2D eigenvalue weighted by molar-refractivity contribution is 5.92. The molecule has 2 atom stereocenters. The lowest BCUT2D eigenvalue weighted by molar-refractivity contribution is -0.135. The second kappa shape index (κ2) is 7.99. The minimum atomic E-state index is -0.0686. The number of piperidine rings is 1. The van der Waals surface area contributed by atoms with Gasteiger partial charge in [-0.05, 0) is 25.2 Å². The Morgan fingerprint density at radius 1 is 1.44 bits per heavy atom. The van der Waals surface area contributed by atoms with Crippen molar-refractivity contribution < 1.29 is 18.8 Å². The number of ether oxygens (including phenoxy) is 1. The molecular formula is C18H27N3O4. The van der Waals surface area contributed by atoms with Gasteiger partial charge in [0.1, 0.15) is 5.76 Å². The molecule has 25 heavy (non-hydrogen) atoms. The lowest BCUT2D eigenvalue weighted by atomic mass is 9.88. The number of aryl methyl sites for hydroxylation is 1. The van der Waals surface area contributed by atoms with Crippen LogP contribution in [0, 0.1) is 5.92 Å². The molecule has 0 spiro atoms. The van der Waals surface area contributed by atoms with Crippen LogP contribution in [0.5, 0.6) is 0 Å². The molecule has 0 aromatic carbocycles. The van der Waals surface area contributed by atoms with E-state index in [1.54, 1.807) is 13.2 Å². The van der Waals surface area contributed by atoms with Crippen molar-refractivity contribution in [3.63, 3.8) is 0 Å². The monoisotopic (exact) mass is 349 g/mol. The highest BCUT2D eigenvalue weighted by atomic mass is 16.5. The van der Waals surface area contributed by atoms with E-state index >= 15 is 0 Å². The van der Waals surface area contributed by atoms with Crippen LogP contribution in [0.15, 0.2) is 10.6 Å². The Bertz CT molecular complexity index is 615. The van der Waals surface area contributed by atoms with Crippen LogP contribution in [0.3, 0.4) is 0 Å². The fraction of sp³-hybridized carbons (Fsp3) is 0.722. The fourth-order valence-corrected chi connectivity index (χ4v) is 3.96. The first kappa shape index (κ1) is 17.9. The molecule has 0 saturated carbocycles. The number of amides is 2. The van der Waals surface area contributed by atoms with Gasteiger partial charge in [0.2, 0.25) is 5.91 Å². The minimum absolute atomic E-state index is 0.0686. The van der Waals surface area contributed by atoms with Gasteiger partial charge in [-0.2, -0.15) is 0 Å². The van der Waals surface area contributed by atoms with Gasteiger partial charge in [0, 0.05) is 51.7 Å². The molecule has 2 saturated heterocycles. The Morgan fingerprint density at radius 3 is 3.00 bits per heavy atom. The number of fused-ring (bicyclic) bond motifs is 1. The molecule has 2 fully saturated rings. The van der Waals surface area contributed by atoms with Crippen LogP contribution in [-0.2, 0) is 16.0 Å². The SMILES string of the molecule is CCc1cc(C(=O)N2CC[C@@H]3[C@@H](CCCC(=O)N3CCOC)C2)no1. The van der Waals surface area contributed by atoms with E-state index in [0.717, 1.165) is 31.4 Å². The van der Waals surface area contributed by atoms with Crippen molar-refractivity contribution in [1.29, 1.82) is 0 Å². The number of nitrogens with zero attached hydrogens (tertiary/aromatic N) is 3. The maximum atomic E-state index is 12.7. The fourth-order valence-electron chi connectivity index (χ4n) is 3.96. The molecule has 2 aliphatic heterocycles. The molecule has 7 nitrogen and oxygen atoms in total. The summed E-state index contributed by atoms with van der Waals surface area (Å²) in [4.78, 5) is 29.0. The van der Waals surface area contributed by atoms with Crippen LogP contribution in [-0.4, -0.2) is 66.2 Å². The van der Waals surface area contributed by atoms with Gasteiger partial charge in [-0.25, -0.2) is 0 Å². The van der Waals surface area contributed by atoms with Crippen molar-refractivity contribution in [2.24, 2.45) is 5.92 Å². The summed E-state index contributed by atoms with van der Waals surface area (Å²) in [6, 6.07) is 1.94. The first-order valence-corrected chi connectivity index (χ1v) is 9.17. The number of methoxy groups -OCH3 is 1. The zero-order valence-corrected chi connectivity index (χ0v) is 15.1. The molecule has 0 radical (unpaired) electrons. The van der Waals surface area contributed by atoms with E-state index in [1.807, 2.05) is 16.7 Å². The Balaban J connectivity index is 1.69.